The predicted molar refractivity (Wildman–Crippen MR) is 55.9 cm³/mol. The Morgan fingerprint density at radius 2 is 2.17 bits per heavy atom. The Kier molecular flexibility index (Phi) is 1.85. The van der Waals surface area contributed by atoms with E-state index in [1.54, 1.807) is 17.4 Å². The molecule has 1 aromatic carbocycles. The second kappa shape index (κ2) is 2.75. The fraction of sp³-hybridized carbons (Fsp3) is 0.111. The summed E-state index contributed by atoms with van der Waals surface area (Å²) in [5.74, 6) is 0.309. The Balaban J connectivity index is 2.96. The highest BCUT2D eigenvalue weighted by Gasteiger charge is 2.07. The molecule has 0 aliphatic heterocycles. The first-order valence-electron chi connectivity index (χ1n) is 3.55. The van der Waals surface area contributed by atoms with E-state index in [4.69, 9.17) is 0 Å². The van der Waals surface area contributed by atoms with Gasteiger partial charge in [0.2, 0.25) is 0 Å². The molecule has 12 heavy (non-hydrogen) atoms. The molecule has 2 rings (SSSR count). The van der Waals surface area contributed by atoms with E-state index in [-0.39, 0.29) is 0 Å². The second-order valence-electron chi connectivity index (χ2n) is 2.69. The van der Waals surface area contributed by atoms with Gasteiger partial charge in [0.1, 0.15) is 5.75 Å². The van der Waals surface area contributed by atoms with Crippen LogP contribution in [-0.4, -0.2) is 5.11 Å². The topological polar surface area (TPSA) is 20.2 Å². The van der Waals surface area contributed by atoms with Crippen LogP contribution in [0.5, 0.6) is 5.75 Å². The molecule has 0 fully saturated rings. The summed E-state index contributed by atoms with van der Waals surface area (Å²) in [5, 5.41) is 12.6. The number of hydrogen-bond acceptors (Lipinski definition) is 2. The maximum atomic E-state index is 9.42. The molecule has 0 bridgehead atoms. The first-order valence-corrected chi connectivity index (χ1v) is 5.22. The van der Waals surface area contributed by atoms with Crippen molar-refractivity contribution in [2.45, 2.75) is 6.92 Å². The van der Waals surface area contributed by atoms with E-state index in [0.717, 1.165) is 9.86 Å². The van der Waals surface area contributed by atoms with Crippen molar-refractivity contribution in [3.05, 3.63) is 27.5 Å². The lowest BCUT2D eigenvalue weighted by molar-refractivity contribution is 0.473. The Labute approximate surface area is 82.8 Å². The Bertz CT molecular complexity index is 433. The van der Waals surface area contributed by atoms with Crippen molar-refractivity contribution >= 4 is 37.4 Å². The number of aryl methyl sites for hydroxylation is 1. The normalized spacial score (nSPS) is 10.8. The van der Waals surface area contributed by atoms with Crippen LogP contribution in [0.2, 0.25) is 0 Å². The van der Waals surface area contributed by atoms with Gasteiger partial charge in [-0.15, -0.1) is 11.3 Å². The second-order valence-corrected chi connectivity index (χ2v) is 4.39. The van der Waals surface area contributed by atoms with Crippen LogP contribution in [-0.2, 0) is 0 Å². The molecule has 0 spiro atoms. The van der Waals surface area contributed by atoms with Crippen LogP contribution in [0, 0.1) is 6.92 Å². The van der Waals surface area contributed by atoms with Crippen LogP contribution in [0.1, 0.15) is 5.56 Å². The van der Waals surface area contributed by atoms with Crippen molar-refractivity contribution in [3.8, 4) is 5.75 Å². The molecule has 62 valence electrons. The van der Waals surface area contributed by atoms with Crippen molar-refractivity contribution < 1.29 is 5.11 Å². The molecule has 0 amide bonds. The molecule has 0 atom stereocenters. The van der Waals surface area contributed by atoms with Crippen molar-refractivity contribution in [1.29, 1.82) is 0 Å². The van der Waals surface area contributed by atoms with Gasteiger partial charge in [0.05, 0.1) is 4.47 Å². The van der Waals surface area contributed by atoms with Gasteiger partial charge < -0.3 is 5.11 Å². The van der Waals surface area contributed by atoms with Gasteiger partial charge in [0, 0.05) is 10.1 Å². The number of benzene rings is 1. The number of phenols is 1. The average molecular weight is 243 g/mol. The van der Waals surface area contributed by atoms with Gasteiger partial charge in [0.25, 0.3) is 0 Å². The molecule has 1 N–H and O–H groups in total. The highest BCUT2D eigenvalue weighted by Crippen LogP contribution is 2.37. The van der Waals surface area contributed by atoms with E-state index >= 15 is 0 Å². The van der Waals surface area contributed by atoms with Crippen molar-refractivity contribution in [2.75, 3.05) is 0 Å². The maximum Gasteiger partial charge on any atom is 0.130 e. The minimum atomic E-state index is 0.309. The molecule has 0 unspecified atom stereocenters. The molecule has 2 aromatic rings. The number of aromatic hydroxyl groups is 1. The van der Waals surface area contributed by atoms with E-state index in [1.165, 1.54) is 10.3 Å². The molecule has 0 saturated carbocycles. The van der Waals surface area contributed by atoms with Crippen LogP contribution < -0.4 is 0 Å². The van der Waals surface area contributed by atoms with E-state index in [2.05, 4.69) is 21.3 Å². The molecule has 0 aliphatic carbocycles. The fourth-order valence-electron chi connectivity index (χ4n) is 1.22. The van der Waals surface area contributed by atoms with E-state index in [9.17, 15) is 5.11 Å². The van der Waals surface area contributed by atoms with Gasteiger partial charge in [-0.1, -0.05) is 0 Å². The largest absolute Gasteiger partial charge is 0.507 e. The first-order chi connectivity index (χ1) is 5.70. The molecule has 1 nitrogen and oxygen atoms in total. The maximum absolute atomic E-state index is 9.42. The van der Waals surface area contributed by atoms with E-state index in [1.807, 2.05) is 13.0 Å². The lowest BCUT2D eigenvalue weighted by atomic mass is 10.2. The summed E-state index contributed by atoms with van der Waals surface area (Å²) in [6, 6.07) is 3.65. The van der Waals surface area contributed by atoms with Crippen molar-refractivity contribution in [3.63, 3.8) is 0 Å². The Hall–Kier alpha value is -0.540. The van der Waals surface area contributed by atoms with E-state index < -0.39 is 0 Å². The minimum Gasteiger partial charge on any atom is -0.507 e. The smallest absolute Gasteiger partial charge is 0.130 e. The van der Waals surface area contributed by atoms with Gasteiger partial charge in [-0.2, -0.15) is 0 Å². The average Bonchev–Trinajstić information content (AvgIpc) is 2.41. The zero-order valence-corrected chi connectivity index (χ0v) is 8.87. The number of hydrogen-bond donors (Lipinski definition) is 1. The summed E-state index contributed by atoms with van der Waals surface area (Å²) in [5.41, 5.74) is 1.21. The molecule has 3 heteroatoms. The molecule has 1 aromatic heterocycles. The summed E-state index contributed by atoms with van der Waals surface area (Å²) in [6.45, 7) is 2.04. The van der Waals surface area contributed by atoms with Gasteiger partial charge in [-0.3, -0.25) is 0 Å². The number of phenolic OH excluding ortho intramolecular Hbond substituents is 1. The van der Waals surface area contributed by atoms with Crippen LogP contribution >= 0.6 is 27.3 Å². The molecule has 0 saturated heterocycles. The highest BCUT2D eigenvalue weighted by molar-refractivity contribution is 9.10. The summed E-state index contributed by atoms with van der Waals surface area (Å²) in [7, 11) is 0. The molecular weight excluding hydrogens is 236 g/mol. The zero-order valence-electron chi connectivity index (χ0n) is 6.47. The summed E-state index contributed by atoms with van der Waals surface area (Å²) in [4.78, 5) is 0. The van der Waals surface area contributed by atoms with Crippen LogP contribution in [0.3, 0.4) is 0 Å². The SMILES string of the molecule is Cc1csc2ccc(O)c(Br)c12. The van der Waals surface area contributed by atoms with Gasteiger partial charge in [0.15, 0.2) is 0 Å². The third kappa shape index (κ3) is 1.04. The fourth-order valence-corrected chi connectivity index (χ4v) is 2.96. The molecule has 1 heterocycles. The molecular formula is C9H7BrOS. The lowest BCUT2D eigenvalue weighted by Crippen LogP contribution is -1.72. The quantitative estimate of drug-likeness (QED) is 0.748. The van der Waals surface area contributed by atoms with Crippen molar-refractivity contribution in [1.82, 2.24) is 0 Å². The summed E-state index contributed by atoms with van der Waals surface area (Å²) in [6.07, 6.45) is 0. The highest BCUT2D eigenvalue weighted by atomic mass is 79.9. The monoisotopic (exact) mass is 242 g/mol. The van der Waals surface area contributed by atoms with Gasteiger partial charge in [-0.25, -0.2) is 0 Å². The third-order valence-electron chi connectivity index (χ3n) is 1.84. The van der Waals surface area contributed by atoms with Gasteiger partial charge in [-0.05, 0) is 45.9 Å². The minimum absolute atomic E-state index is 0.309. The van der Waals surface area contributed by atoms with Crippen molar-refractivity contribution in [2.24, 2.45) is 0 Å². The first kappa shape index (κ1) is 8.08. The third-order valence-corrected chi connectivity index (χ3v) is 3.71. The van der Waals surface area contributed by atoms with Crippen LogP contribution in [0.4, 0.5) is 0 Å². The number of halogens is 1. The molecule has 0 aliphatic rings. The summed E-state index contributed by atoms with van der Waals surface area (Å²) < 4.78 is 2.01. The number of fused-ring (bicyclic) bond motifs is 1. The van der Waals surface area contributed by atoms with Crippen LogP contribution in [0.15, 0.2) is 22.0 Å². The number of rotatable bonds is 0. The molecule has 0 radical (unpaired) electrons. The Morgan fingerprint density at radius 3 is 2.92 bits per heavy atom. The zero-order chi connectivity index (χ0) is 8.72. The van der Waals surface area contributed by atoms with Gasteiger partial charge >= 0.3 is 0 Å². The predicted octanol–water partition coefficient (Wildman–Crippen LogP) is 3.68. The standard InChI is InChI=1S/C9H7BrOS/c1-5-4-12-7-3-2-6(11)9(10)8(5)7/h2-4,11H,1H3. The van der Waals surface area contributed by atoms with E-state index in [0.29, 0.717) is 5.75 Å². The number of thiophene rings is 1. The Morgan fingerprint density at radius 1 is 1.42 bits per heavy atom. The summed E-state index contributed by atoms with van der Waals surface area (Å²) >= 11 is 5.06. The lowest BCUT2D eigenvalue weighted by Gasteiger charge is -1.98. The van der Waals surface area contributed by atoms with Crippen LogP contribution in [0.25, 0.3) is 10.1 Å².